The smallest absolute Gasteiger partial charge is 0.175 e. The van der Waals surface area contributed by atoms with Crippen LogP contribution in [0.1, 0.15) is 39.5 Å². The first-order chi connectivity index (χ1) is 9.38. The maximum absolute atomic E-state index is 11.5. The largest absolute Gasteiger partial charge is 0.382 e. The van der Waals surface area contributed by atoms with Gasteiger partial charge in [-0.1, -0.05) is 26.7 Å². The number of nitrogens with one attached hydrogen (secondary N) is 1. The van der Waals surface area contributed by atoms with E-state index in [-0.39, 0.29) is 0 Å². The fourth-order valence-corrected chi connectivity index (χ4v) is 3.78. The van der Waals surface area contributed by atoms with E-state index in [1.807, 2.05) is 12.1 Å². The molecule has 4 heteroatoms. The lowest BCUT2D eigenvalue weighted by atomic mass is 9.78. The summed E-state index contributed by atoms with van der Waals surface area (Å²) in [6, 6.07) is 7.63. The molecule has 0 saturated heterocycles. The van der Waals surface area contributed by atoms with Gasteiger partial charge in [-0.25, -0.2) is 8.42 Å². The monoisotopic (exact) mass is 295 g/mol. The van der Waals surface area contributed by atoms with Crippen LogP contribution in [0.5, 0.6) is 0 Å². The third-order valence-corrected chi connectivity index (χ3v) is 5.44. The van der Waals surface area contributed by atoms with Crippen LogP contribution in [0.3, 0.4) is 0 Å². The molecule has 2 unspecified atom stereocenters. The molecule has 0 aliphatic heterocycles. The van der Waals surface area contributed by atoms with Gasteiger partial charge in [0, 0.05) is 18.0 Å². The molecule has 3 nitrogen and oxygen atoms in total. The fraction of sp³-hybridized carbons (Fsp3) is 0.625. The molecular weight excluding hydrogens is 270 g/mol. The Morgan fingerprint density at radius 2 is 1.70 bits per heavy atom. The molecule has 1 fully saturated rings. The molecule has 0 bridgehead atoms. The van der Waals surface area contributed by atoms with Gasteiger partial charge in [0.15, 0.2) is 9.84 Å². The van der Waals surface area contributed by atoms with E-state index >= 15 is 0 Å². The van der Waals surface area contributed by atoms with Crippen molar-refractivity contribution < 1.29 is 8.42 Å². The molecule has 1 aromatic carbocycles. The predicted octanol–water partition coefficient (Wildman–Crippen LogP) is 3.72. The summed E-state index contributed by atoms with van der Waals surface area (Å²) in [7, 11) is -3.10. The van der Waals surface area contributed by atoms with Gasteiger partial charge in [-0.05, 0) is 48.9 Å². The van der Waals surface area contributed by atoms with Crippen molar-refractivity contribution in [1.82, 2.24) is 0 Å². The molecule has 1 N–H and O–H groups in total. The molecule has 2 atom stereocenters. The highest BCUT2D eigenvalue weighted by atomic mass is 32.2. The predicted molar refractivity (Wildman–Crippen MR) is 83.8 cm³/mol. The minimum Gasteiger partial charge on any atom is -0.382 e. The van der Waals surface area contributed by atoms with Gasteiger partial charge in [-0.3, -0.25) is 0 Å². The molecule has 2 rings (SSSR count). The number of hydrogen-bond acceptors (Lipinski definition) is 3. The van der Waals surface area contributed by atoms with E-state index in [0.717, 1.165) is 5.69 Å². The molecule has 20 heavy (non-hydrogen) atoms. The summed E-state index contributed by atoms with van der Waals surface area (Å²) in [4.78, 5) is 0.382. The second-order valence-electron chi connectivity index (χ2n) is 6.24. The number of hydrogen-bond donors (Lipinski definition) is 1. The third kappa shape index (κ3) is 3.75. The Labute approximate surface area is 122 Å². The maximum Gasteiger partial charge on any atom is 0.175 e. The molecule has 112 valence electrons. The summed E-state index contributed by atoms with van der Waals surface area (Å²) in [5, 5.41) is 3.60. The minimum absolute atomic E-state index is 0.382. The van der Waals surface area contributed by atoms with E-state index < -0.39 is 9.84 Å². The fourth-order valence-electron chi connectivity index (χ4n) is 3.15. The van der Waals surface area contributed by atoms with E-state index in [1.54, 1.807) is 12.1 Å². The van der Waals surface area contributed by atoms with Crippen molar-refractivity contribution in [3.05, 3.63) is 24.3 Å². The van der Waals surface area contributed by atoms with Crippen LogP contribution in [-0.4, -0.2) is 20.7 Å². The Hall–Kier alpha value is -1.03. The van der Waals surface area contributed by atoms with Crippen molar-refractivity contribution in [2.45, 2.75) is 50.5 Å². The van der Waals surface area contributed by atoms with Gasteiger partial charge >= 0.3 is 0 Å². The number of sulfone groups is 1. The lowest BCUT2D eigenvalue weighted by Gasteiger charge is -2.35. The Morgan fingerprint density at radius 3 is 2.25 bits per heavy atom. The van der Waals surface area contributed by atoms with E-state index in [2.05, 4.69) is 19.2 Å². The normalized spacial score (nSPS) is 23.8. The number of anilines is 1. The summed E-state index contributed by atoms with van der Waals surface area (Å²) >= 11 is 0. The minimum atomic E-state index is -3.10. The van der Waals surface area contributed by atoms with Gasteiger partial charge in [0.25, 0.3) is 0 Å². The molecule has 0 spiro atoms. The second kappa shape index (κ2) is 6.17. The first kappa shape index (κ1) is 15.4. The molecule has 1 aliphatic rings. The molecule has 0 heterocycles. The zero-order valence-corrected chi connectivity index (χ0v) is 13.4. The highest BCUT2D eigenvalue weighted by molar-refractivity contribution is 7.90. The molecule has 0 aromatic heterocycles. The standard InChI is InChI=1S/C16H25NO2S/c1-12(2)15-6-4-5-7-16(15)17-13-8-10-14(11-9-13)20(3,18)19/h8-12,15-17H,4-7H2,1-3H3. The summed E-state index contributed by atoms with van der Waals surface area (Å²) in [5.74, 6) is 1.39. The first-order valence-electron chi connectivity index (χ1n) is 7.44. The second-order valence-corrected chi connectivity index (χ2v) is 8.26. The summed E-state index contributed by atoms with van der Waals surface area (Å²) in [6.07, 6.45) is 6.34. The zero-order chi connectivity index (χ0) is 14.8. The van der Waals surface area contributed by atoms with Gasteiger partial charge in [0.05, 0.1) is 4.90 Å². The number of rotatable bonds is 4. The van der Waals surface area contributed by atoms with E-state index in [1.165, 1.54) is 31.9 Å². The molecular formula is C16H25NO2S. The van der Waals surface area contributed by atoms with Gasteiger partial charge in [-0.15, -0.1) is 0 Å². The van der Waals surface area contributed by atoms with E-state index in [4.69, 9.17) is 0 Å². The summed E-state index contributed by atoms with van der Waals surface area (Å²) < 4.78 is 22.9. The van der Waals surface area contributed by atoms with Gasteiger partial charge < -0.3 is 5.32 Å². The van der Waals surface area contributed by atoms with Crippen molar-refractivity contribution >= 4 is 15.5 Å². The van der Waals surface area contributed by atoms with E-state index in [0.29, 0.717) is 22.8 Å². The van der Waals surface area contributed by atoms with Crippen LogP contribution >= 0.6 is 0 Å². The maximum atomic E-state index is 11.5. The van der Waals surface area contributed by atoms with Crippen molar-refractivity contribution in [2.24, 2.45) is 11.8 Å². The highest BCUT2D eigenvalue weighted by Crippen LogP contribution is 2.32. The van der Waals surface area contributed by atoms with Gasteiger partial charge in [0.2, 0.25) is 0 Å². The van der Waals surface area contributed by atoms with Crippen LogP contribution in [0.15, 0.2) is 29.2 Å². The van der Waals surface area contributed by atoms with Crippen molar-refractivity contribution in [3.63, 3.8) is 0 Å². The van der Waals surface area contributed by atoms with Crippen molar-refractivity contribution in [3.8, 4) is 0 Å². The highest BCUT2D eigenvalue weighted by Gasteiger charge is 2.27. The zero-order valence-electron chi connectivity index (χ0n) is 12.6. The molecule has 1 saturated carbocycles. The number of benzene rings is 1. The van der Waals surface area contributed by atoms with Crippen LogP contribution in [-0.2, 0) is 9.84 Å². The summed E-state index contributed by atoms with van der Waals surface area (Å²) in [6.45, 7) is 4.58. The van der Waals surface area contributed by atoms with Crippen LogP contribution in [0.2, 0.25) is 0 Å². The van der Waals surface area contributed by atoms with E-state index in [9.17, 15) is 8.42 Å². The van der Waals surface area contributed by atoms with Gasteiger partial charge in [-0.2, -0.15) is 0 Å². The lowest BCUT2D eigenvalue weighted by molar-refractivity contribution is 0.254. The van der Waals surface area contributed by atoms with Gasteiger partial charge in [0.1, 0.15) is 0 Å². The molecule has 0 radical (unpaired) electrons. The Kier molecular flexibility index (Phi) is 4.74. The Morgan fingerprint density at radius 1 is 1.10 bits per heavy atom. The SMILES string of the molecule is CC(C)C1CCCCC1Nc1ccc(S(C)(=O)=O)cc1. The van der Waals surface area contributed by atoms with Crippen LogP contribution in [0.4, 0.5) is 5.69 Å². The average molecular weight is 295 g/mol. The first-order valence-corrected chi connectivity index (χ1v) is 9.34. The third-order valence-electron chi connectivity index (χ3n) is 4.31. The van der Waals surface area contributed by atoms with Crippen LogP contribution < -0.4 is 5.32 Å². The van der Waals surface area contributed by atoms with Crippen molar-refractivity contribution in [2.75, 3.05) is 11.6 Å². The Balaban J connectivity index is 2.09. The quantitative estimate of drug-likeness (QED) is 0.921. The van der Waals surface area contributed by atoms with Crippen molar-refractivity contribution in [1.29, 1.82) is 0 Å². The summed E-state index contributed by atoms with van der Waals surface area (Å²) in [5.41, 5.74) is 1.02. The Bertz CT molecular complexity index is 534. The molecule has 0 amide bonds. The lowest BCUT2D eigenvalue weighted by Crippen LogP contribution is -2.35. The average Bonchev–Trinajstić information content (AvgIpc) is 2.38. The topological polar surface area (TPSA) is 46.2 Å². The van der Waals surface area contributed by atoms with Crippen LogP contribution in [0.25, 0.3) is 0 Å². The molecule has 1 aliphatic carbocycles. The molecule has 1 aromatic rings. The van der Waals surface area contributed by atoms with Crippen LogP contribution in [0, 0.1) is 11.8 Å².